The number of aliphatic hydroxyl groups excluding tert-OH is 2. The Hall–Kier alpha value is -1.92. The second-order valence-corrected chi connectivity index (χ2v) is 26.0. The Balaban J connectivity index is 3.37. The minimum absolute atomic E-state index is 0.0106. The molecule has 0 spiro atoms. The maximum absolute atomic E-state index is 12.5. The van der Waals surface area contributed by atoms with Crippen LogP contribution in [0.25, 0.3) is 0 Å². The van der Waals surface area contributed by atoms with E-state index in [1.807, 2.05) is 6.08 Å². The summed E-state index contributed by atoms with van der Waals surface area (Å²) in [5, 5.41) is 23.3. The number of hydrogen-bond acceptors (Lipinski definition) is 5. The fourth-order valence-corrected chi connectivity index (χ4v) is 11.9. The van der Waals surface area contributed by atoms with Gasteiger partial charge in [0.05, 0.1) is 25.4 Å². The zero-order chi connectivity index (χ0) is 59.9. The highest BCUT2D eigenvalue weighted by Gasteiger charge is 2.18. The predicted octanol–water partition coefficient (Wildman–Crippen LogP) is 24.7. The van der Waals surface area contributed by atoms with E-state index in [0.717, 1.165) is 51.4 Å². The summed E-state index contributed by atoms with van der Waals surface area (Å²) in [7, 11) is 0. The van der Waals surface area contributed by atoms with Crippen molar-refractivity contribution in [2.24, 2.45) is 0 Å². The number of amides is 1. The van der Waals surface area contributed by atoms with E-state index in [0.29, 0.717) is 19.4 Å². The first kappa shape index (κ1) is 81.1. The van der Waals surface area contributed by atoms with Crippen molar-refractivity contribution >= 4 is 11.9 Å². The van der Waals surface area contributed by atoms with Gasteiger partial charge in [-0.05, 0) is 64.2 Å². The van der Waals surface area contributed by atoms with E-state index < -0.39 is 12.1 Å². The number of hydrogen-bond donors (Lipinski definition) is 3. The van der Waals surface area contributed by atoms with Gasteiger partial charge in [0.25, 0.3) is 0 Å². The second-order valence-electron chi connectivity index (χ2n) is 26.0. The molecule has 0 aliphatic heterocycles. The smallest absolute Gasteiger partial charge is 0.305 e. The first-order valence-corrected chi connectivity index (χ1v) is 37.8. The third-order valence-corrected chi connectivity index (χ3v) is 17.7. The highest BCUT2D eigenvalue weighted by molar-refractivity contribution is 5.76. The van der Waals surface area contributed by atoms with Crippen molar-refractivity contribution < 1.29 is 24.5 Å². The average molecular weight is 1170 g/mol. The maximum atomic E-state index is 12.5. The molecule has 0 aliphatic rings. The normalized spacial score (nSPS) is 12.7. The number of aliphatic hydroxyl groups is 2. The zero-order valence-electron chi connectivity index (χ0n) is 56.2. The van der Waals surface area contributed by atoms with E-state index >= 15 is 0 Å². The molecule has 0 aromatic carbocycles. The Bertz CT molecular complexity index is 1340. The van der Waals surface area contributed by atoms with Gasteiger partial charge in [0.2, 0.25) is 5.91 Å². The van der Waals surface area contributed by atoms with E-state index in [4.69, 9.17) is 4.74 Å². The van der Waals surface area contributed by atoms with Gasteiger partial charge < -0.3 is 20.3 Å². The molecule has 2 unspecified atom stereocenters. The van der Waals surface area contributed by atoms with Gasteiger partial charge in [-0.15, -0.1) is 0 Å². The predicted molar refractivity (Wildman–Crippen MR) is 366 cm³/mol. The highest BCUT2D eigenvalue weighted by atomic mass is 16.5. The summed E-state index contributed by atoms with van der Waals surface area (Å²) in [5.74, 6) is -0.0504. The molecular weight excluding hydrogens is 1020 g/mol. The summed E-state index contributed by atoms with van der Waals surface area (Å²) < 4.78 is 5.50. The fraction of sp³-hybridized carbons (Fsp3) is 0.896. The van der Waals surface area contributed by atoms with Crippen molar-refractivity contribution in [1.82, 2.24) is 5.32 Å². The van der Waals surface area contributed by atoms with Crippen LogP contribution in [0.4, 0.5) is 0 Å². The zero-order valence-corrected chi connectivity index (χ0v) is 56.2. The molecule has 2 atom stereocenters. The molecule has 0 heterocycles. The topological polar surface area (TPSA) is 95.9 Å². The lowest BCUT2D eigenvalue weighted by Crippen LogP contribution is -2.45. The van der Waals surface area contributed by atoms with Crippen molar-refractivity contribution in [2.75, 3.05) is 13.2 Å². The number of ether oxygens (including phenoxy) is 1. The van der Waals surface area contributed by atoms with Gasteiger partial charge >= 0.3 is 5.97 Å². The van der Waals surface area contributed by atoms with Crippen LogP contribution in [0.5, 0.6) is 0 Å². The quantitative estimate of drug-likeness (QED) is 0.0320. The molecular formula is C77H147NO5. The van der Waals surface area contributed by atoms with Gasteiger partial charge in [-0.25, -0.2) is 0 Å². The van der Waals surface area contributed by atoms with Gasteiger partial charge in [0, 0.05) is 12.8 Å². The van der Waals surface area contributed by atoms with Crippen LogP contribution < -0.4 is 5.32 Å². The molecule has 0 rings (SSSR count). The van der Waals surface area contributed by atoms with Crippen molar-refractivity contribution in [3.05, 3.63) is 36.5 Å². The molecule has 0 aromatic rings. The molecule has 0 saturated carbocycles. The van der Waals surface area contributed by atoms with E-state index in [-0.39, 0.29) is 18.5 Å². The summed E-state index contributed by atoms with van der Waals surface area (Å²) in [6, 6.07) is -0.627. The molecule has 3 N–H and O–H groups in total. The van der Waals surface area contributed by atoms with Gasteiger partial charge in [-0.1, -0.05) is 378 Å². The Morgan fingerprint density at radius 2 is 0.602 bits per heavy atom. The second kappa shape index (κ2) is 72.6. The van der Waals surface area contributed by atoms with Crippen LogP contribution in [0.2, 0.25) is 0 Å². The Labute approximate surface area is 519 Å². The van der Waals surface area contributed by atoms with Crippen LogP contribution in [0, 0.1) is 0 Å². The number of carbonyl (C=O) groups excluding carboxylic acids is 2. The molecule has 1 amide bonds. The highest BCUT2D eigenvalue weighted by Crippen LogP contribution is 2.19. The summed E-state index contributed by atoms with van der Waals surface area (Å²) in [5.41, 5.74) is 0. The summed E-state index contributed by atoms with van der Waals surface area (Å²) in [6.45, 7) is 4.92. The van der Waals surface area contributed by atoms with Crippen molar-refractivity contribution in [2.45, 2.75) is 431 Å². The van der Waals surface area contributed by atoms with Crippen molar-refractivity contribution in [3.8, 4) is 0 Å². The average Bonchev–Trinajstić information content (AvgIpc) is 3.49. The minimum atomic E-state index is -0.844. The lowest BCUT2D eigenvalue weighted by atomic mass is 10.0. The minimum Gasteiger partial charge on any atom is -0.466 e. The summed E-state index contributed by atoms with van der Waals surface area (Å²) in [6.07, 6.45) is 93.8. The molecule has 490 valence electrons. The van der Waals surface area contributed by atoms with E-state index in [2.05, 4.69) is 43.5 Å². The molecule has 0 bridgehead atoms. The molecule has 6 heteroatoms. The SMILES string of the molecule is CCCCC/C=C\C/C=C\CCCCCCCCCC(=O)OCCCCCCCCCCCCCCCCCCCCCCCCCCCCCC(=O)NC(CO)C(O)/C=C/CCCCCCCCCCCCCCCCCCCCCC. The summed E-state index contributed by atoms with van der Waals surface area (Å²) >= 11 is 0. The van der Waals surface area contributed by atoms with Gasteiger partial charge in [0.1, 0.15) is 0 Å². The van der Waals surface area contributed by atoms with Crippen LogP contribution in [0.15, 0.2) is 36.5 Å². The fourth-order valence-electron chi connectivity index (χ4n) is 11.9. The van der Waals surface area contributed by atoms with Gasteiger partial charge in [-0.3, -0.25) is 9.59 Å². The molecule has 0 radical (unpaired) electrons. The van der Waals surface area contributed by atoms with Crippen molar-refractivity contribution in [3.63, 3.8) is 0 Å². The van der Waals surface area contributed by atoms with E-state index in [1.165, 1.54) is 340 Å². The van der Waals surface area contributed by atoms with E-state index in [1.54, 1.807) is 6.08 Å². The molecule has 0 aromatic heterocycles. The van der Waals surface area contributed by atoms with Crippen LogP contribution in [0.3, 0.4) is 0 Å². The Morgan fingerprint density at radius 3 is 0.940 bits per heavy atom. The molecule has 83 heavy (non-hydrogen) atoms. The first-order valence-electron chi connectivity index (χ1n) is 37.8. The number of carbonyl (C=O) groups is 2. The number of nitrogens with one attached hydrogen (secondary N) is 1. The van der Waals surface area contributed by atoms with Crippen LogP contribution >= 0.6 is 0 Å². The van der Waals surface area contributed by atoms with E-state index in [9.17, 15) is 19.8 Å². The molecule has 0 aliphatic carbocycles. The third-order valence-electron chi connectivity index (χ3n) is 17.7. The number of rotatable bonds is 71. The maximum Gasteiger partial charge on any atom is 0.305 e. The largest absolute Gasteiger partial charge is 0.466 e. The first-order chi connectivity index (χ1) is 41.0. The summed E-state index contributed by atoms with van der Waals surface area (Å²) in [4.78, 5) is 24.6. The monoisotopic (exact) mass is 1170 g/mol. The standard InChI is InChI=1S/C77H147NO5/c1-3-5-7-9-11-13-15-17-19-21-22-23-31-34-38-41-45-49-53-57-61-65-69-75(80)74(73-79)78-76(81)70-66-62-58-54-50-46-42-39-35-32-29-27-25-24-26-28-30-33-36-40-44-48-52-56-60-64-68-72-83-77(82)71-67-63-59-55-51-47-43-37-20-18-16-14-12-10-8-6-4-2/h12,14,18,20,65,69,74-75,79-80H,3-11,13,15-17,19,21-64,66-68,70-73H2,1-2H3,(H,78,81)/b14-12-,20-18-,69-65+. The van der Waals surface area contributed by atoms with Gasteiger partial charge in [-0.2, -0.15) is 0 Å². The van der Waals surface area contributed by atoms with Crippen LogP contribution in [-0.4, -0.2) is 47.4 Å². The van der Waals surface area contributed by atoms with Crippen molar-refractivity contribution in [1.29, 1.82) is 0 Å². The lowest BCUT2D eigenvalue weighted by molar-refractivity contribution is -0.143. The Morgan fingerprint density at radius 1 is 0.337 bits per heavy atom. The molecule has 6 nitrogen and oxygen atoms in total. The van der Waals surface area contributed by atoms with Crippen LogP contribution in [0.1, 0.15) is 418 Å². The van der Waals surface area contributed by atoms with Crippen LogP contribution in [-0.2, 0) is 14.3 Å². The Kier molecular flexibility index (Phi) is 70.9. The number of unbranched alkanes of at least 4 members (excludes halogenated alkanes) is 56. The third kappa shape index (κ3) is 69.1. The van der Waals surface area contributed by atoms with Gasteiger partial charge in [0.15, 0.2) is 0 Å². The number of allylic oxidation sites excluding steroid dienone is 5. The molecule has 0 fully saturated rings. The number of esters is 1. The lowest BCUT2D eigenvalue weighted by Gasteiger charge is -2.20. The molecule has 0 saturated heterocycles.